The van der Waals surface area contributed by atoms with E-state index in [1.165, 1.54) is 12.8 Å². The van der Waals surface area contributed by atoms with Gasteiger partial charge < -0.3 is 31.9 Å². The molecule has 12 heteroatoms. The van der Waals surface area contributed by atoms with E-state index in [4.69, 9.17) is 15.6 Å². The SMILES string of the molecule is CCCC(=O)N[C@@H](Cc1ccc(O)cc1)C(=O)NCCCCCCNCCCCCN.O=C(O)C(F)(F)F. The number of alkyl halides is 3. The fraction of sp³-hybridized carbons (Fsp3) is 0.654. The third-order valence-corrected chi connectivity index (χ3v) is 5.38. The minimum atomic E-state index is -5.08. The number of aliphatic carboxylic acids is 1. The van der Waals surface area contributed by atoms with Gasteiger partial charge in [0.2, 0.25) is 11.8 Å². The minimum Gasteiger partial charge on any atom is -0.508 e. The Bertz CT molecular complexity index is 792. The van der Waals surface area contributed by atoms with Crippen molar-refractivity contribution in [2.45, 2.75) is 83.4 Å². The summed E-state index contributed by atoms with van der Waals surface area (Å²) in [6.07, 6.45) is 4.21. The van der Waals surface area contributed by atoms with Gasteiger partial charge in [-0.2, -0.15) is 13.2 Å². The molecule has 218 valence electrons. The molecule has 0 aliphatic carbocycles. The van der Waals surface area contributed by atoms with Crippen LogP contribution in [0.2, 0.25) is 0 Å². The summed E-state index contributed by atoms with van der Waals surface area (Å²) in [5.41, 5.74) is 6.38. The standard InChI is InChI=1S/C24H42N4O3.C2HF3O2/c1-2-10-23(30)28-22(19-20-11-13-21(29)14-12-20)24(31)27-18-9-4-3-7-16-26-17-8-5-6-15-25;3-2(4,5)1(6)7/h11-14,22,26,29H,2-10,15-19,25H2,1H3,(H,27,31)(H,28,30);(H,6,7)/t22-;/m0./s1. The molecule has 1 aromatic rings. The molecule has 38 heavy (non-hydrogen) atoms. The number of phenolic OH excluding ortho intramolecular Hbond substituents is 1. The quantitative estimate of drug-likeness (QED) is 0.154. The van der Waals surface area contributed by atoms with Crippen molar-refractivity contribution in [3.05, 3.63) is 29.8 Å². The zero-order chi connectivity index (χ0) is 28.8. The molecule has 0 fully saturated rings. The number of halogens is 3. The fourth-order valence-electron chi connectivity index (χ4n) is 3.33. The normalized spacial score (nSPS) is 11.7. The molecule has 0 aromatic heterocycles. The Morgan fingerprint density at radius 3 is 1.95 bits per heavy atom. The van der Waals surface area contributed by atoms with Crippen LogP contribution in [-0.2, 0) is 20.8 Å². The van der Waals surface area contributed by atoms with Crippen molar-refractivity contribution in [1.82, 2.24) is 16.0 Å². The third-order valence-electron chi connectivity index (χ3n) is 5.38. The number of nitrogens with two attached hydrogens (primary N) is 1. The van der Waals surface area contributed by atoms with Crippen molar-refractivity contribution in [2.24, 2.45) is 5.73 Å². The first-order valence-corrected chi connectivity index (χ1v) is 13.1. The van der Waals surface area contributed by atoms with Crippen LogP contribution in [0.15, 0.2) is 24.3 Å². The number of carbonyl (C=O) groups is 3. The van der Waals surface area contributed by atoms with Crippen molar-refractivity contribution in [3.63, 3.8) is 0 Å². The molecule has 0 spiro atoms. The predicted octanol–water partition coefficient (Wildman–Crippen LogP) is 3.25. The average Bonchev–Trinajstić information content (AvgIpc) is 2.85. The van der Waals surface area contributed by atoms with Gasteiger partial charge in [-0.15, -0.1) is 0 Å². The van der Waals surface area contributed by atoms with E-state index in [0.717, 1.165) is 63.7 Å². The molecule has 9 nitrogen and oxygen atoms in total. The molecule has 7 N–H and O–H groups in total. The number of phenols is 1. The summed E-state index contributed by atoms with van der Waals surface area (Å²) in [6.45, 7) is 5.42. The first kappa shape index (κ1) is 35.1. The monoisotopic (exact) mass is 548 g/mol. The second-order valence-corrected chi connectivity index (χ2v) is 8.85. The van der Waals surface area contributed by atoms with E-state index in [2.05, 4.69) is 16.0 Å². The van der Waals surface area contributed by atoms with E-state index >= 15 is 0 Å². The largest absolute Gasteiger partial charge is 0.508 e. The molecule has 0 aliphatic rings. The van der Waals surface area contributed by atoms with Gasteiger partial charge in [-0.25, -0.2) is 4.79 Å². The molecule has 0 heterocycles. The van der Waals surface area contributed by atoms with Crippen LogP contribution in [0.4, 0.5) is 13.2 Å². The van der Waals surface area contributed by atoms with Crippen molar-refractivity contribution < 1.29 is 37.8 Å². The summed E-state index contributed by atoms with van der Waals surface area (Å²) in [5.74, 6) is -2.84. The lowest BCUT2D eigenvalue weighted by molar-refractivity contribution is -0.192. The molecule has 2 amide bonds. The van der Waals surface area contributed by atoms with Crippen LogP contribution >= 0.6 is 0 Å². The van der Waals surface area contributed by atoms with Gasteiger partial charge in [0.15, 0.2) is 0 Å². The number of rotatable bonds is 18. The molecular formula is C26H43F3N4O5. The molecule has 0 unspecified atom stereocenters. The van der Waals surface area contributed by atoms with E-state index in [1.807, 2.05) is 6.92 Å². The van der Waals surface area contributed by atoms with Gasteiger partial charge in [0.05, 0.1) is 0 Å². The fourth-order valence-corrected chi connectivity index (χ4v) is 3.33. The topological polar surface area (TPSA) is 154 Å². The average molecular weight is 549 g/mol. The van der Waals surface area contributed by atoms with E-state index in [0.29, 0.717) is 19.4 Å². The maximum atomic E-state index is 12.6. The number of unbranched alkanes of at least 4 members (excludes halogenated alkanes) is 5. The van der Waals surface area contributed by atoms with Crippen LogP contribution in [0, 0.1) is 0 Å². The Kier molecular flexibility index (Phi) is 19.5. The molecule has 0 aliphatic heterocycles. The second-order valence-electron chi connectivity index (χ2n) is 8.85. The zero-order valence-electron chi connectivity index (χ0n) is 22.1. The third kappa shape index (κ3) is 19.3. The maximum Gasteiger partial charge on any atom is 0.490 e. The van der Waals surface area contributed by atoms with E-state index in [1.54, 1.807) is 24.3 Å². The number of aromatic hydroxyl groups is 1. The Hall–Kier alpha value is -2.86. The summed E-state index contributed by atoms with van der Waals surface area (Å²) in [6, 6.07) is 6.12. The lowest BCUT2D eigenvalue weighted by atomic mass is 10.0. The molecule has 0 saturated heterocycles. The van der Waals surface area contributed by atoms with Crippen LogP contribution < -0.4 is 21.7 Å². The number of benzene rings is 1. The predicted molar refractivity (Wildman–Crippen MR) is 140 cm³/mol. The van der Waals surface area contributed by atoms with Gasteiger partial charge in [-0.1, -0.05) is 38.3 Å². The highest BCUT2D eigenvalue weighted by atomic mass is 19.4. The Balaban J connectivity index is 0.00000171. The second kappa shape index (κ2) is 21.1. The highest BCUT2D eigenvalue weighted by Gasteiger charge is 2.38. The first-order chi connectivity index (χ1) is 18.0. The summed E-state index contributed by atoms with van der Waals surface area (Å²) < 4.78 is 31.7. The number of carboxylic acid groups (broad SMARTS) is 1. The van der Waals surface area contributed by atoms with Crippen LogP contribution in [-0.4, -0.2) is 66.4 Å². The number of amides is 2. The summed E-state index contributed by atoms with van der Waals surface area (Å²) in [5, 5.41) is 25.8. The van der Waals surface area contributed by atoms with Crippen LogP contribution in [0.25, 0.3) is 0 Å². The number of hydrogen-bond donors (Lipinski definition) is 6. The van der Waals surface area contributed by atoms with Crippen molar-refractivity contribution in [3.8, 4) is 5.75 Å². The summed E-state index contributed by atoms with van der Waals surface area (Å²) in [4.78, 5) is 33.6. The van der Waals surface area contributed by atoms with Crippen LogP contribution in [0.5, 0.6) is 5.75 Å². The lowest BCUT2D eigenvalue weighted by Crippen LogP contribution is -2.48. The van der Waals surface area contributed by atoms with E-state index < -0.39 is 18.2 Å². The molecule has 0 bridgehead atoms. The summed E-state index contributed by atoms with van der Waals surface area (Å²) in [7, 11) is 0. The van der Waals surface area contributed by atoms with Crippen molar-refractivity contribution in [2.75, 3.05) is 26.2 Å². The van der Waals surface area contributed by atoms with Crippen LogP contribution in [0.1, 0.15) is 70.3 Å². The first-order valence-electron chi connectivity index (χ1n) is 13.1. The minimum absolute atomic E-state index is 0.114. The molecule has 0 saturated carbocycles. The van der Waals surface area contributed by atoms with Gasteiger partial charge in [0.25, 0.3) is 0 Å². The Morgan fingerprint density at radius 1 is 0.921 bits per heavy atom. The smallest absolute Gasteiger partial charge is 0.490 e. The van der Waals surface area contributed by atoms with Gasteiger partial charge in [-0.05, 0) is 69.4 Å². The lowest BCUT2D eigenvalue weighted by Gasteiger charge is -2.19. The van der Waals surface area contributed by atoms with Gasteiger partial charge in [0, 0.05) is 19.4 Å². The Morgan fingerprint density at radius 2 is 1.45 bits per heavy atom. The highest BCUT2D eigenvalue weighted by molar-refractivity contribution is 5.87. The molecule has 1 rings (SSSR count). The maximum absolute atomic E-state index is 12.6. The van der Waals surface area contributed by atoms with Crippen LogP contribution in [0.3, 0.4) is 0 Å². The molecular weight excluding hydrogens is 505 g/mol. The summed E-state index contributed by atoms with van der Waals surface area (Å²) >= 11 is 0. The van der Waals surface area contributed by atoms with Gasteiger partial charge >= 0.3 is 12.1 Å². The number of carboxylic acids is 1. The van der Waals surface area contributed by atoms with Gasteiger partial charge in [-0.3, -0.25) is 9.59 Å². The number of carbonyl (C=O) groups excluding carboxylic acids is 2. The Labute approximate surface area is 222 Å². The van der Waals surface area contributed by atoms with Crippen molar-refractivity contribution >= 4 is 17.8 Å². The highest BCUT2D eigenvalue weighted by Crippen LogP contribution is 2.13. The zero-order valence-corrected chi connectivity index (χ0v) is 22.1. The number of nitrogens with one attached hydrogen (secondary N) is 3. The number of hydrogen-bond acceptors (Lipinski definition) is 6. The van der Waals surface area contributed by atoms with E-state index in [9.17, 15) is 27.9 Å². The van der Waals surface area contributed by atoms with Crippen molar-refractivity contribution in [1.29, 1.82) is 0 Å². The molecule has 0 radical (unpaired) electrons. The molecule has 1 atom stereocenters. The van der Waals surface area contributed by atoms with Gasteiger partial charge in [0.1, 0.15) is 11.8 Å². The van der Waals surface area contributed by atoms with E-state index in [-0.39, 0.29) is 17.6 Å². The molecule has 1 aromatic carbocycles.